The molecule has 6 rings (SSSR count). The Morgan fingerprint density at radius 3 is 2.71 bits per heavy atom. The number of aromatic nitrogens is 3. The van der Waals surface area contributed by atoms with E-state index in [0.29, 0.717) is 16.7 Å². The SMILES string of the molecule is O=C(Nc1ccc(F)c(-n2cc3cc(N4CC5(CCC5)C4)cnc3n2)c1)N1CC(F)C1. The molecule has 1 spiro atoms. The maximum absolute atomic E-state index is 14.5. The molecule has 9 heteroatoms. The molecular formula is C22H22F2N6O. The van der Waals surface area contributed by atoms with E-state index >= 15 is 0 Å². The van der Waals surface area contributed by atoms with Crippen molar-refractivity contribution in [2.75, 3.05) is 36.4 Å². The summed E-state index contributed by atoms with van der Waals surface area (Å²) in [7, 11) is 0. The minimum atomic E-state index is -0.973. The monoisotopic (exact) mass is 424 g/mol. The topological polar surface area (TPSA) is 66.3 Å². The van der Waals surface area contributed by atoms with Gasteiger partial charge in [0.05, 0.1) is 25.0 Å². The van der Waals surface area contributed by atoms with Crippen molar-refractivity contribution in [3.8, 4) is 5.69 Å². The molecule has 31 heavy (non-hydrogen) atoms. The molecule has 0 unspecified atom stereocenters. The van der Waals surface area contributed by atoms with Gasteiger partial charge in [-0.15, -0.1) is 5.10 Å². The number of likely N-dealkylation sites (tertiary alicyclic amines) is 1. The summed E-state index contributed by atoms with van der Waals surface area (Å²) < 4.78 is 29.0. The van der Waals surface area contributed by atoms with E-state index in [1.165, 1.54) is 47.0 Å². The Morgan fingerprint density at radius 1 is 1.19 bits per heavy atom. The van der Waals surface area contributed by atoms with Crippen LogP contribution >= 0.6 is 0 Å². The third-order valence-electron chi connectivity index (χ3n) is 6.74. The predicted molar refractivity (Wildman–Crippen MR) is 113 cm³/mol. The minimum absolute atomic E-state index is 0.0799. The van der Waals surface area contributed by atoms with Crippen LogP contribution in [0.3, 0.4) is 0 Å². The van der Waals surface area contributed by atoms with E-state index < -0.39 is 18.0 Å². The molecule has 2 saturated heterocycles. The number of carbonyl (C=O) groups excluding carboxylic acids is 1. The largest absolute Gasteiger partial charge is 0.369 e. The lowest BCUT2D eigenvalue weighted by Gasteiger charge is -2.56. The van der Waals surface area contributed by atoms with Crippen LogP contribution < -0.4 is 10.2 Å². The number of nitrogens with one attached hydrogen (secondary N) is 1. The van der Waals surface area contributed by atoms with Gasteiger partial charge in [-0.05, 0) is 37.1 Å². The van der Waals surface area contributed by atoms with Gasteiger partial charge in [-0.1, -0.05) is 6.42 Å². The average molecular weight is 424 g/mol. The summed E-state index contributed by atoms with van der Waals surface area (Å²) in [5.41, 5.74) is 2.75. The zero-order valence-electron chi connectivity index (χ0n) is 16.9. The van der Waals surface area contributed by atoms with Gasteiger partial charge < -0.3 is 15.1 Å². The highest BCUT2D eigenvalue weighted by Crippen LogP contribution is 2.49. The number of urea groups is 1. The van der Waals surface area contributed by atoms with Crippen molar-refractivity contribution in [2.45, 2.75) is 25.4 Å². The van der Waals surface area contributed by atoms with Crippen molar-refractivity contribution in [1.82, 2.24) is 19.7 Å². The molecule has 4 heterocycles. The van der Waals surface area contributed by atoms with E-state index in [9.17, 15) is 13.6 Å². The van der Waals surface area contributed by atoms with E-state index in [1.807, 2.05) is 12.3 Å². The summed E-state index contributed by atoms with van der Waals surface area (Å²) >= 11 is 0. The number of fused-ring (bicyclic) bond motifs is 1. The fourth-order valence-corrected chi connectivity index (χ4v) is 4.70. The molecule has 1 N–H and O–H groups in total. The zero-order valence-corrected chi connectivity index (χ0v) is 16.9. The second kappa shape index (κ2) is 6.63. The number of alkyl halides is 1. The number of anilines is 2. The number of hydrogen-bond acceptors (Lipinski definition) is 4. The van der Waals surface area contributed by atoms with Crippen LogP contribution in [0.2, 0.25) is 0 Å². The molecule has 2 aliphatic heterocycles. The van der Waals surface area contributed by atoms with Gasteiger partial charge in [0.15, 0.2) is 5.65 Å². The Balaban J connectivity index is 1.24. The minimum Gasteiger partial charge on any atom is -0.369 e. The van der Waals surface area contributed by atoms with Gasteiger partial charge in [-0.25, -0.2) is 23.2 Å². The van der Waals surface area contributed by atoms with Gasteiger partial charge >= 0.3 is 6.03 Å². The molecular weight excluding hydrogens is 402 g/mol. The van der Waals surface area contributed by atoms with Gasteiger partial charge in [0.1, 0.15) is 17.7 Å². The van der Waals surface area contributed by atoms with Crippen LogP contribution in [0.1, 0.15) is 19.3 Å². The number of rotatable bonds is 3. The fourth-order valence-electron chi connectivity index (χ4n) is 4.70. The third-order valence-corrected chi connectivity index (χ3v) is 6.74. The van der Waals surface area contributed by atoms with E-state index in [-0.39, 0.29) is 18.8 Å². The molecule has 3 aliphatic rings. The highest BCUT2D eigenvalue weighted by Gasteiger charge is 2.47. The van der Waals surface area contributed by atoms with Gasteiger partial charge in [-0.2, -0.15) is 0 Å². The normalized spacial score (nSPS) is 19.8. The Morgan fingerprint density at radius 2 is 2.00 bits per heavy atom. The van der Waals surface area contributed by atoms with Gasteiger partial charge in [0, 0.05) is 35.8 Å². The molecule has 2 amide bonds. The molecule has 160 valence electrons. The summed E-state index contributed by atoms with van der Waals surface area (Å²) in [6.07, 6.45) is 6.56. The van der Waals surface area contributed by atoms with Gasteiger partial charge in [-0.3, -0.25) is 0 Å². The van der Waals surface area contributed by atoms with Crippen molar-refractivity contribution >= 4 is 28.4 Å². The predicted octanol–water partition coefficient (Wildman–Crippen LogP) is 3.74. The molecule has 0 atom stereocenters. The fraction of sp³-hybridized carbons (Fsp3) is 0.409. The molecule has 3 fully saturated rings. The molecule has 0 radical (unpaired) electrons. The number of amides is 2. The maximum Gasteiger partial charge on any atom is 0.322 e. The van der Waals surface area contributed by atoms with Crippen molar-refractivity contribution < 1.29 is 13.6 Å². The van der Waals surface area contributed by atoms with Crippen LogP contribution in [0.5, 0.6) is 0 Å². The Bertz CT molecular complexity index is 1180. The molecule has 3 aromatic rings. The molecule has 1 saturated carbocycles. The van der Waals surface area contributed by atoms with Crippen LogP contribution in [-0.4, -0.2) is 58.0 Å². The second-order valence-electron chi connectivity index (χ2n) is 8.99. The highest BCUT2D eigenvalue weighted by atomic mass is 19.1. The maximum atomic E-state index is 14.5. The van der Waals surface area contributed by atoms with E-state index in [1.54, 1.807) is 6.20 Å². The lowest BCUT2D eigenvalue weighted by atomic mass is 9.63. The zero-order chi connectivity index (χ0) is 21.2. The first-order valence-electron chi connectivity index (χ1n) is 10.6. The Kier molecular flexibility index (Phi) is 3.97. The van der Waals surface area contributed by atoms with E-state index in [2.05, 4.69) is 20.3 Å². The lowest BCUT2D eigenvalue weighted by Crippen LogP contribution is -2.59. The second-order valence-corrected chi connectivity index (χ2v) is 8.99. The smallest absolute Gasteiger partial charge is 0.322 e. The number of carbonyl (C=O) groups is 1. The number of hydrogen-bond donors (Lipinski definition) is 1. The molecule has 1 aromatic carbocycles. The van der Waals surface area contributed by atoms with Crippen LogP contribution in [0.15, 0.2) is 36.7 Å². The van der Waals surface area contributed by atoms with Crippen LogP contribution in [0, 0.1) is 11.2 Å². The molecule has 2 aromatic heterocycles. The summed E-state index contributed by atoms with van der Waals surface area (Å²) in [4.78, 5) is 20.3. The van der Waals surface area contributed by atoms with Gasteiger partial charge in [0.25, 0.3) is 0 Å². The lowest BCUT2D eigenvalue weighted by molar-refractivity contribution is 0.0904. The number of halogens is 2. The van der Waals surface area contributed by atoms with E-state index in [0.717, 1.165) is 24.2 Å². The quantitative estimate of drug-likeness (QED) is 0.696. The Labute approximate surface area is 177 Å². The first-order valence-corrected chi connectivity index (χ1v) is 10.6. The van der Waals surface area contributed by atoms with Crippen LogP contribution in [0.4, 0.5) is 25.0 Å². The van der Waals surface area contributed by atoms with E-state index in [4.69, 9.17) is 0 Å². The summed E-state index contributed by atoms with van der Waals surface area (Å²) in [6.45, 7) is 2.31. The number of nitrogens with zero attached hydrogens (tertiary/aromatic N) is 5. The third kappa shape index (κ3) is 3.10. The molecule has 0 bridgehead atoms. The number of benzene rings is 1. The van der Waals surface area contributed by atoms with Gasteiger partial charge in [0.2, 0.25) is 0 Å². The first-order chi connectivity index (χ1) is 15.0. The first kappa shape index (κ1) is 18.5. The van der Waals surface area contributed by atoms with Crippen molar-refractivity contribution in [1.29, 1.82) is 0 Å². The molecule has 7 nitrogen and oxygen atoms in total. The summed E-state index contributed by atoms with van der Waals surface area (Å²) in [5, 5.41) is 7.92. The highest BCUT2D eigenvalue weighted by molar-refractivity contribution is 5.90. The summed E-state index contributed by atoms with van der Waals surface area (Å²) in [5.74, 6) is -0.464. The standard InChI is InChI=1S/C22H22F2N6O/c23-15-10-28(11-15)21(31)26-16-2-3-18(24)19(7-16)30-9-14-6-17(8-25-20(14)27-30)29-12-22(13-29)4-1-5-22/h2-3,6-9,15H,1,4-5,10-13H2,(H,26,31). The number of pyridine rings is 1. The van der Waals surface area contributed by atoms with Crippen LogP contribution in [-0.2, 0) is 0 Å². The van der Waals surface area contributed by atoms with Crippen molar-refractivity contribution in [3.63, 3.8) is 0 Å². The Hall–Kier alpha value is -3.23. The van der Waals surface area contributed by atoms with Crippen molar-refractivity contribution in [2.24, 2.45) is 5.41 Å². The van der Waals surface area contributed by atoms with Crippen LogP contribution in [0.25, 0.3) is 16.7 Å². The molecule has 1 aliphatic carbocycles. The summed E-state index contributed by atoms with van der Waals surface area (Å²) in [6, 6.07) is 5.91. The average Bonchev–Trinajstić information content (AvgIpc) is 3.08. The van der Waals surface area contributed by atoms with Crippen molar-refractivity contribution in [3.05, 3.63) is 42.5 Å².